The van der Waals surface area contributed by atoms with E-state index in [0.717, 1.165) is 32.2 Å². The van der Waals surface area contributed by atoms with E-state index < -0.39 is 5.79 Å². The second-order valence-electron chi connectivity index (χ2n) is 6.81. The Hall–Kier alpha value is -1.92. The molecule has 0 saturated carbocycles. The summed E-state index contributed by atoms with van der Waals surface area (Å²) >= 11 is 0. The molecule has 6 heteroatoms. The van der Waals surface area contributed by atoms with E-state index in [1.807, 2.05) is 12.2 Å². The van der Waals surface area contributed by atoms with Crippen molar-refractivity contribution in [2.75, 3.05) is 6.54 Å². The number of rotatable bonds is 3. The average molecular weight is 331 g/mol. The number of carbonyl (C=O) groups excluding carboxylic acids is 2. The first-order valence-corrected chi connectivity index (χ1v) is 8.45. The normalized spacial score (nSPS) is 37.0. The topological polar surface area (TPSA) is 65.1 Å². The van der Waals surface area contributed by atoms with Crippen LogP contribution in [0.15, 0.2) is 35.1 Å². The van der Waals surface area contributed by atoms with E-state index in [1.165, 1.54) is 0 Å². The van der Waals surface area contributed by atoms with Crippen LogP contribution in [0.5, 0.6) is 0 Å². The van der Waals surface area contributed by atoms with E-state index >= 15 is 0 Å². The Morgan fingerprint density at radius 3 is 2.79 bits per heavy atom. The van der Waals surface area contributed by atoms with Crippen molar-refractivity contribution in [3.8, 4) is 0 Å². The van der Waals surface area contributed by atoms with Crippen molar-refractivity contribution in [1.82, 2.24) is 4.90 Å². The number of ether oxygens (including phenoxy) is 3. The van der Waals surface area contributed by atoms with E-state index in [4.69, 9.17) is 14.2 Å². The maximum absolute atomic E-state index is 11.8. The smallest absolute Gasteiger partial charge is 0.339 e. The molecule has 3 atom stereocenters. The molecular weight excluding hydrogens is 310 g/mol. The molecule has 0 radical (unpaired) electrons. The van der Waals surface area contributed by atoms with Gasteiger partial charge in [-0.25, -0.2) is 9.59 Å². The monoisotopic (exact) mass is 331 g/mol. The molecule has 0 bridgehead atoms. The van der Waals surface area contributed by atoms with Crippen LogP contribution < -0.4 is 0 Å². The molecule has 4 rings (SSSR count). The molecule has 4 aliphatic rings. The molecule has 0 N–H and O–H groups in total. The SMILES string of the molecule is CC1=CC(=CCC[C@H]2O[C@]3(C=C(C)C(=O)O3)[C@H]3CCCN23)OC1=O. The van der Waals surface area contributed by atoms with Crippen LogP contribution in [0.3, 0.4) is 0 Å². The maximum atomic E-state index is 11.8. The Bertz CT molecular complexity index is 692. The van der Waals surface area contributed by atoms with Gasteiger partial charge in [-0.1, -0.05) is 0 Å². The predicted octanol–water partition coefficient (Wildman–Crippen LogP) is 2.17. The first-order valence-electron chi connectivity index (χ1n) is 8.45. The number of esters is 2. The minimum Gasteiger partial charge on any atom is -0.424 e. The van der Waals surface area contributed by atoms with Gasteiger partial charge in [-0.2, -0.15) is 0 Å². The lowest BCUT2D eigenvalue weighted by Crippen LogP contribution is -2.41. The largest absolute Gasteiger partial charge is 0.424 e. The van der Waals surface area contributed by atoms with Gasteiger partial charge in [0.05, 0.1) is 6.04 Å². The van der Waals surface area contributed by atoms with Crippen LogP contribution in [0.1, 0.15) is 39.5 Å². The summed E-state index contributed by atoms with van der Waals surface area (Å²) < 4.78 is 16.9. The lowest BCUT2D eigenvalue weighted by Gasteiger charge is -2.25. The Labute approximate surface area is 140 Å². The summed E-state index contributed by atoms with van der Waals surface area (Å²) in [6.45, 7) is 4.46. The summed E-state index contributed by atoms with van der Waals surface area (Å²) in [6.07, 6.45) is 8.95. The van der Waals surface area contributed by atoms with E-state index in [-0.39, 0.29) is 24.2 Å². The number of hydrogen-bond acceptors (Lipinski definition) is 6. The van der Waals surface area contributed by atoms with Crippen molar-refractivity contribution in [3.05, 3.63) is 35.1 Å². The van der Waals surface area contributed by atoms with Gasteiger partial charge in [-0.3, -0.25) is 4.90 Å². The second-order valence-corrected chi connectivity index (χ2v) is 6.81. The van der Waals surface area contributed by atoms with Crippen LogP contribution in [-0.4, -0.2) is 41.4 Å². The van der Waals surface area contributed by atoms with Gasteiger partial charge in [-0.05, 0) is 57.8 Å². The molecule has 1 spiro atoms. The van der Waals surface area contributed by atoms with Crippen LogP contribution in [0.25, 0.3) is 0 Å². The number of cyclic esters (lactones) is 1. The highest BCUT2D eigenvalue weighted by Gasteiger charge is 2.58. The lowest BCUT2D eigenvalue weighted by molar-refractivity contribution is -0.197. The maximum Gasteiger partial charge on any atom is 0.339 e. The molecule has 0 aromatic carbocycles. The Kier molecular flexibility index (Phi) is 3.62. The van der Waals surface area contributed by atoms with Crippen molar-refractivity contribution >= 4 is 11.9 Å². The highest BCUT2D eigenvalue weighted by Crippen LogP contribution is 2.45. The molecule has 2 fully saturated rings. The summed E-state index contributed by atoms with van der Waals surface area (Å²) in [5.74, 6) is -0.879. The van der Waals surface area contributed by atoms with Crippen molar-refractivity contribution < 1.29 is 23.8 Å². The predicted molar refractivity (Wildman–Crippen MR) is 84.3 cm³/mol. The fourth-order valence-electron chi connectivity index (χ4n) is 3.95. The van der Waals surface area contributed by atoms with Crippen LogP contribution in [0.2, 0.25) is 0 Å². The number of allylic oxidation sites excluding steroid dienone is 2. The average Bonchev–Trinajstić information content (AvgIpc) is 3.23. The summed E-state index contributed by atoms with van der Waals surface area (Å²) in [7, 11) is 0. The Balaban J connectivity index is 1.44. The molecule has 0 unspecified atom stereocenters. The van der Waals surface area contributed by atoms with Gasteiger partial charge in [0.25, 0.3) is 5.79 Å². The Morgan fingerprint density at radius 1 is 1.29 bits per heavy atom. The molecule has 128 valence electrons. The highest BCUT2D eigenvalue weighted by molar-refractivity contribution is 5.92. The quantitative estimate of drug-likeness (QED) is 0.739. The number of hydrogen-bond donors (Lipinski definition) is 0. The van der Waals surface area contributed by atoms with Gasteiger partial charge in [-0.15, -0.1) is 0 Å². The highest BCUT2D eigenvalue weighted by atomic mass is 16.7. The van der Waals surface area contributed by atoms with Crippen LogP contribution in [0, 0.1) is 0 Å². The minimum atomic E-state index is -0.911. The number of nitrogens with zero attached hydrogens (tertiary/aromatic N) is 1. The molecular formula is C18H21NO5. The number of carbonyl (C=O) groups is 2. The third kappa shape index (κ3) is 2.41. The molecule has 2 saturated heterocycles. The number of fused-ring (bicyclic) bond motifs is 2. The van der Waals surface area contributed by atoms with Crippen LogP contribution in [0.4, 0.5) is 0 Å². The fraction of sp³-hybridized carbons (Fsp3) is 0.556. The van der Waals surface area contributed by atoms with E-state index in [1.54, 1.807) is 19.9 Å². The van der Waals surface area contributed by atoms with Gasteiger partial charge >= 0.3 is 11.9 Å². The van der Waals surface area contributed by atoms with Gasteiger partial charge < -0.3 is 14.2 Å². The summed E-state index contributed by atoms with van der Waals surface area (Å²) in [5, 5.41) is 0. The molecule has 24 heavy (non-hydrogen) atoms. The zero-order valence-electron chi connectivity index (χ0n) is 13.9. The molecule has 0 amide bonds. The summed E-state index contributed by atoms with van der Waals surface area (Å²) in [4.78, 5) is 25.5. The third-order valence-corrected chi connectivity index (χ3v) is 5.09. The van der Waals surface area contributed by atoms with Crippen molar-refractivity contribution in [3.63, 3.8) is 0 Å². The second kappa shape index (κ2) is 5.57. The Morgan fingerprint density at radius 2 is 2.12 bits per heavy atom. The summed E-state index contributed by atoms with van der Waals surface area (Å²) in [6, 6.07) is 0.100. The van der Waals surface area contributed by atoms with Crippen molar-refractivity contribution in [2.45, 2.75) is 57.6 Å². The first kappa shape index (κ1) is 15.6. The first-order chi connectivity index (χ1) is 11.5. The molecule has 4 aliphatic heterocycles. The molecule has 4 heterocycles. The van der Waals surface area contributed by atoms with Gasteiger partial charge in [0.2, 0.25) is 0 Å². The van der Waals surface area contributed by atoms with Gasteiger partial charge in [0, 0.05) is 17.7 Å². The zero-order chi connectivity index (χ0) is 16.9. The molecule has 0 aromatic rings. The van der Waals surface area contributed by atoms with Gasteiger partial charge in [0.1, 0.15) is 12.0 Å². The van der Waals surface area contributed by atoms with Crippen molar-refractivity contribution in [2.24, 2.45) is 0 Å². The third-order valence-electron chi connectivity index (χ3n) is 5.09. The fourth-order valence-corrected chi connectivity index (χ4v) is 3.95. The molecule has 0 aromatic heterocycles. The minimum absolute atomic E-state index is 0.0912. The lowest BCUT2D eigenvalue weighted by atomic mass is 10.0. The zero-order valence-corrected chi connectivity index (χ0v) is 13.9. The summed E-state index contributed by atoms with van der Waals surface area (Å²) in [5.41, 5.74) is 1.23. The standard InChI is InChI=1S/C18H21NO5/c1-11-9-13(22-16(11)20)5-3-7-15-19-8-4-6-14(19)18(23-15)10-12(2)17(21)24-18/h5,9-10,14-15H,3-4,6-8H2,1-2H3/t14-,15-,18+/m1/s1. The van der Waals surface area contributed by atoms with E-state index in [0.29, 0.717) is 16.9 Å². The van der Waals surface area contributed by atoms with Crippen LogP contribution in [-0.2, 0) is 23.8 Å². The molecule has 0 aliphatic carbocycles. The van der Waals surface area contributed by atoms with Gasteiger partial charge in [0.15, 0.2) is 0 Å². The van der Waals surface area contributed by atoms with Crippen molar-refractivity contribution in [1.29, 1.82) is 0 Å². The molecule has 6 nitrogen and oxygen atoms in total. The van der Waals surface area contributed by atoms with E-state index in [9.17, 15) is 9.59 Å². The van der Waals surface area contributed by atoms with E-state index in [2.05, 4.69) is 4.90 Å². The van der Waals surface area contributed by atoms with Crippen LogP contribution >= 0.6 is 0 Å².